The summed E-state index contributed by atoms with van der Waals surface area (Å²) in [7, 11) is 1.35. The molecule has 0 spiro atoms. The fourth-order valence-corrected chi connectivity index (χ4v) is 1.39. The van der Waals surface area contributed by atoms with E-state index < -0.39 is 0 Å². The van der Waals surface area contributed by atoms with Crippen LogP contribution in [0.2, 0.25) is 0 Å². The molecule has 0 amide bonds. The molecule has 0 atom stereocenters. The van der Waals surface area contributed by atoms with E-state index in [1.807, 2.05) is 0 Å². The Morgan fingerprint density at radius 1 is 0.952 bits per heavy atom. The van der Waals surface area contributed by atoms with E-state index in [-0.39, 0.29) is 32.1 Å². The van der Waals surface area contributed by atoms with E-state index in [9.17, 15) is 4.79 Å². The van der Waals surface area contributed by atoms with Crippen LogP contribution in [0.5, 0.6) is 0 Å². The summed E-state index contributed by atoms with van der Waals surface area (Å²) in [5.74, 6) is -0.245. The Balaban J connectivity index is -0.000000305. The summed E-state index contributed by atoms with van der Waals surface area (Å²) >= 11 is 0. The maximum absolute atomic E-state index is 9.59. The number of hydrogen-bond donors (Lipinski definition) is 4. The molecule has 0 aromatic rings. The van der Waals surface area contributed by atoms with E-state index in [2.05, 4.69) is 20.7 Å². The molecule has 0 aromatic carbocycles. The minimum Gasteiger partial charge on any atom is -0.469 e. The Labute approximate surface area is 142 Å². The summed E-state index contributed by atoms with van der Waals surface area (Å²) in [5.41, 5.74) is 0. The van der Waals surface area contributed by atoms with Gasteiger partial charge in [-0.15, -0.1) is 0 Å². The van der Waals surface area contributed by atoms with Crippen molar-refractivity contribution in [1.29, 1.82) is 0 Å². The third-order valence-electron chi connectivity index (χ3n) is 2.41. The molecular formula is C14H33N3O3Zn. The first-order valence-corrected chi connectivity index (χ1v) is 7.46. The quantitative estimate of drug-likeness (QED) is 0.364. The van der Waals surface area contributed by atoms with Gasteiger partial charge in [0.1, 0.15) is 0 Å². The van der Waals surface area contributed by atoms with Crippen LogP contribution in [0.3, 0.4) is 0 Å². The van der Waals surface area contributed by atoms with Gasteiger partial charge in [-0.1, -0.05) is 0 Å². The molecule has 0 aromatic heterocycles. The van der Waals surface area contributed by atoms with Crippen LogP contribution in [0.25, 0.3) is 0 Å². The van der Waals surface area contributed by atoms with Crippen LogP contribution < -0.4 is 16.0 Å². The number of hydrogen-bond acceptors (Lipinski definition) is 6. The molecule has 0 unspecified atom stereocenters. The Hall–Kier alpha value is -0.0666. The second-order valence-electron chi connectivity index (χ2n) is 4.32. The van der Waals surface area contributed by atoms with Gasteiger partial charge in [-0.3, -0.25) is 4.79 Å². The summed E-state index contributed by atoms with van der Waals surface area (Å²) in [6.45, 7) is 10.2. The molecule has 21 heavy (non-hydrogen) atoms. The predicted molar refractivity (Wildman–Crippen MR) is 82.9 cm³/mol. The Morgan fingerprint density at radius 3 is 1.29 bits per heavy atom. The van der Waals surface area contributed by atoms with Gasteiger partial charge < -0.3 is 25.8 Å². The van der Waals surface area contributed by atoms with Gasteiger partial charge in [-0.25, -0.2) is 0 Å². The first-order chi connectivity index (χ1) is 9.68. The molecule has 1 fully saturated rings. The molecule has 1 heterocycles. The number of carbonyl (C=O) groups excluding carboxylic acids is 1. The third kappa shape index (κ3) is 33.0. The van der Waals surface area contributed by atoms with Crippen molar-refractivity contribution in [2.45, 2.75) is 33.1 Å². The average Bonchev–Trinajstić information content (AvgIpc) is 2.41. The molecule has 1 saturated heterocycles. The van der Waals surface area contributed by atoms with Crippen LogP contribution in [0.15, 0.2) is 0 Å². The van der Waals surface area contributed by atoms with Crippen molar-refractivity contribution in [3.8, 4) is 0 Å². The number of carbonyl (C=O) groups is 1. The van der Waals surface area contributed by atoms with Gasteiger partial charge in [0.2, 0.25) is 0 Å². The second-order valence-corrected chi connectivity index (χ2v) is 4.32. The summed E-state index contributed by atoms with van der Waals surface area (Å²) < 4.78 is 4.11. The summed E-state index contributed by atoms with van der Waals surface area (Å²) in [6.07, 6.45) is 3.77. The van der Waals surface area contributed by atoms with E-state index in [1.165, 1.54) is 33.3 Å². The van der Waals surface area contributed by atoms with Gasteiger partial charge in [0, 0.05) is 33.0 Å². The van der Waals surface area contributed by atoms with E-state index in [0.717, 1.165) is 39.3 Å². The SMILES string of the molecule is C1CNCCCNCCCNC1.CCO.COC(C)=O.[Zn]. The number of nitrogens with one attached hydrogen (secondary N) is 3. The van der Waals surface area contributed by atoms with Crippen molar-refractivity contribution in [3.05, 3.63) is 0 Å². The van der Waals surface area contributed by atoms with Crippen molar-refractivity contribution < 1.29 is 34.1 Å². The van der Waals surface area contributed by atoms with Crippen molar-refractivity contribution >= 4 is 5.97 Å². The minimum atomic E-state index is -0.245. The monoisotopic (exact) mass is 355 g/mol. The molecule has 0 aliphatic carbocycles. The van der Waals surface area contributed by atoms with Crippen LogP contribution in [0.1, 0.15) is 33.1 Å². The smallest absolute Gasteiger partial charge is 0.302 e. The zero-order valence-electron chi connectivity index (χ0n) is 14.0. The number of aliphatic hydroxyl groups excluding tert-OH is 1. The Kier molecular flexibility index (Phi) is 30.7. The summed E-state index contributed by atoms with van der Waals surface area (Å²) in [4.78, 5) is 9.59. The Morgan fingerprint density at radius 2 is 1.14 bits per heavy atom. The molecule has 1 aliphatic heterocycles. The van der Waals surface area contributed by atoms with Gasteiger partial charge in [-0.05, 0) is 65.5 Å². The van der Waals surface area contributed by atoms with Gasteiger partial charge in [0.15, 0.2) is 0 Å². The summed E-state index contributed by atoms with van der Waals surface area (Å²) in [6, 6.07) is 0. The number of ether oxygens (including phenoxy) is 1. The Bertz CT molecular complexity index is 155. The number of methoxy groups -OCH3 is 1. The van der Waals surface area contributed by atoms with Gasteiger partial charge in [-0.2, -0.15) is 0 Å². The van der Waals surface area contributed by atoms with Crippen molar-refractivity contribution in [1.82, 2.24) is 16.0 Å². The number of rotatable bonds is 0. The zero-order valence-corrected chi connectivity index (χ0v) is 17.0. The van der Waals surface area contributed by atoms with Crippen LogP contribution >= 0.6 is 0 Å². The van der Waals surface area contributed by atoms with E-state index >= 15 is 0 Å². The predicted octanol–water partition coefficient (Wildman–Crippen LogP) is 0.115. The maximum atomic E-state index is 9.59. The summed E-state index contributed by atoms with van der Waals surface area (Å²) in [5, 5.41) is 17.8. The van der Waals surface area contributed by atoms with Crippen LogP contribution in [-0.4, -0.2) is 64.1 Å². The zero-order chi connectivity index (χ0) is 15.5. The average molecular weight is 357 g/mol. The molecule has 4 N–H and O–H groups in total. The topological polar surface area (TPSA) is 82.6 Å². The van der Waals surface area contributed by atoms with Gasteiger partial charge in [0.05, 0.1) is 7.11 Å². The van der Waals surface area contributed by atoms with Crippen LogP contribution in [0, 0.1) is 0 Å². The van der Waals surface area contributed by atoms with E-state index in [4.69, 9.17) is 5.11 Å². The van der Waals surface area contributed by atoms with E-state index in [1.54, 1.807) is 6.92 Å². The van der Waals surface area contributed by atoms with Gasteiger partial charge >= 0.3 is 5.97 Å². The third-order valence-corrected chi connectivity index (χ3v) is 2.41. The van der Waals surface area contributed by atoms with Crippen molar-refractivity contribution in [3.63, 3.8) is 0 Å². The molecular weight excluding hydrogens is 324 g/mol. The molecule has 0 saturated carbocycles. The molecule has 124 valence electrons. The molecule has 0 radical (unpaired) electrons. The van der Waals surface area contributed by atoms with Crippen molar-refractivity contribution in [2.75, 3.05) is 53.0 Å². The molecule has 6 nitrogen and oxygen atoms in total. The minimum absolute atomic E-state index is 0. The molecule has 7 heteroatoms. The first-order valence-electron chi connectivity index (χ1n) is 7.46. The second kappa shape index (κ2) is 24.9. The molecule has 0 bridgehead atoms. The maximum Gasteiger partial charge on any atom is 0.302 e. The van der Waals surface area contributed by atoms with Crippen LogP contribution in [0.4, 0.5) is 0 Å². The number of esters is 1. The molecule has 1 aliphatic rings. The standard InChI is InChI=1S/C9H21N3.C3H6O2.C2H6O.Zn/c1-4-10-6-2-8-12-9-3-7-11-5-1;1-3(4)5-2;1-2-3;/h10-12H,1-9H2;1-2H3;3H,2H2,1H3;. The van der Waals surface area contributed by atoms with Crippen LogP contribution in [-0.2, 0) is 29.0 Å². The molecule has 1 rings (SSSR count). The largest absolute Gasteiger partial charge is 0.469 e. The normalized spacial score (nSPS) is 16.2. The van der Waals surface area contributed by atoms with Gasteiger partial charge in [0.25, 0.3) is 0 Å². The number of aliphatic hydroxyl groups is 1. The first kappa shape index (κ1) is 25.9. The van der Waals surface area contributed by atoms with E-state index in [0.29, 0.717) is 0 Å². The fraction of sp³-hybridized carbons (Fsp3) is 0.929. The fourth-order valence-electron chi connectivity index (χ4n) is 1.39. The van der Waals surface area contributed by atoms with Crippen molar-refractivity contribution in [2.24, 2.45) is 0 Å².